The Morgan fingerprint density at radius 1 is 1.50 bits per heavy atom. The number of hydrogen-bond acceptors (Lipinski definition) is 3. The minimum Gasteiger partial charge on any atom is -0.493 e. The highest BCUT2D eigenvalue weighted by molar-refractivity contribution is 5.37. The third-order valence-electron chi connectivity index (χ3n) is 2.02. The molecule has 78 valence electrons. The normalized spacial score (nSPS) is 14.9. The summed E-state index contributed by atoms with van der Waals surface area (Å²) in [6.45, 7) is 1.65. The number of methoxy groups -OCH3 is 1. The molecule has 0 aliphatic carbocycles. The van der Waals surface area contributed by atoms with Gasteiger partial charge in [0.25, 0.3) is 0 Å². The molecule has 0 amide bonds. The van der Waals surface area contributed by atoms with E-state index in [1.54, 1.807) is 13.0 Å². The number of ether oxygens (including phenoxy) is 1. The summed E-state index contributed by atoms with van der Waals surface area (Å²) in [7, 11) is 1.36. The summed E-state index contributed by atoms with van der Waals surface area (Å²) < 4.78 is 18.1. The molecular weight excluding hydrogens is 185 g/mol. The number of aliphatic hydroxyl groups excluding tert-OH is 1. The molecule has 3 N–H and O–H groups in total. The van der Waals surface area contributed by atoms with Crippen LogP contribution >= 0.6 is 0 Å². The molecule has 0 radical (unpaired) electrons. The van der Waals surface area contributed by atoms with Crippen LogP contribution in [0.4, 0.5) is 4.39 Å². The molecule has 14 heavy (non-hydrogen) atoms. The average Bonchev–Trinajstić information content (AvgIpc) is 2.16. The SMILES string of the molecule is COc1c(F)cccc1[C@H](O)[C@@H](C)N. The zero-order valence-electron chi connectivity index (χ0n) is 8.20. The zero-order chi connectivity index (χ0) is 10.7. The van der Waals surface area contributed by atoms with Crippen LogP contribution in [0.2, 0.25) is 0 Å². The maximum absolute atomic E-state index is 13.2. The molecule has 0 saturated heterocycles. The van der Waals surface area contributed by atoms with Gasteiger partial charge in [-0.3, -0.25) is 0 Å². The monoisotopic (exact) mass is 199 g/mol. The van der Waals surface area contributed by atoms with Crippen molar-refractivity contribution in [3.63, 3.8) is 0 Å². The van der Waals surface area contributed by atoms with E-state index in [-0.39, 0.29) is 5.75 Å². The molecule has 0 aromatic heterocycles. The molecule has 0 aliphatic rings. The first-order chi connectivity index (χ1) is 6.57. The van der Waals surface area contributed by atoms with Crippen LogP contribution in [-0.4, -0.2) is 18.3 Å². The molecule has 0 unspecified atom stereocenters. The van der Waals surface area contributed by atoms with E-state index in [0.29, 0.717) is 5.56 Å². The predicted octanol–water partition coefficient (Wildman–Crippen LogP) is 1.21. The first-order valence-electron chi connectivity index (χ1n) is 4.34. The third kappa shape index (κ3) is 2.02. The fourth-order valence-corrected chi connectivity index (χ4v) is 1.26. The predicted molar refractivity (Wildman–Crippen MR) is 51.6 cm³/mol. The zero-order valence-corrected chi connectivity index (χ0v) is 8.20. The molecule has 0 fully saturated rings. The van der Waals surface area contributed by atoms with Crippen molar-refractivity contribution < 1.29 is 14.2 Å². The Morgan fingerprint density at radius 2 is 2.14 bits per heavy atom. The van der Waals surface area contributed by atoms with Gasteiger partial charge in [-0.15, -0.1) is 0 Å². The van der Waals surface area contributed by atoms with Crippen molar-refractivity contribution in [2.45, 2.75) is 19.1 Å². The Morgan fingerprint density at radius 3 is 2.64 bits per heavy atom. The summed E-state index contributed by atoms with van der Waals surface area (Å²) in [4.78, 5) is 0. The molecule has 1 rings (SSSR count). The summed E-state index contributed by atoms with van der Waals surface area (Å²) in [6, 6.07) is 3.91. The lowest BCUT2D eigenvalue weighted by atomic mass is 10.0. The van der Waals surface area contributed by atoms with Crippen LogP contribution in [0.1, 0.15) is 18.6 Å². The Kier molecular flexibility index (Phi) is 3.43. The number of hydrogen-bond donors (Lipinski definition) is 2. The molecule has 0 bridgehead atoms. The van der Waals surface area contributed by atoms with Crippen molar-refractivity contribution in [2.24, 2.45) is 5.73 Å². The molecule has 1 aromatic carbocycles. The van der Waals surface area contributed by atoms with Gasteiger partial charge in [-0.25, -0.2) is 4.39 Å². The fourth-order valence-electron chi connectivity index (χ4n) is 1.26. The van der Waals surface area contributed by atoms with Gasteiger partial charge in [0.05, 0.1) is 13.2 Å². The first-order valence-corrected chi connectivity index (χ1v) is 4.34. The van der Waals surface area contributed by atoms with Crippen LogP contribution in [0, 0.1) is 5.82 Å². The van der Waals surface area contributed by atoms with Crippen molar-refractivity contribution in [3.8, 4) is 5.75 Å². The van der Waals surface area contributed by atoms with E-state index in [1.807, 2.05) is 0 Å². The van der Waals surface area contributed by atoms with Gasteiger partial charge in [0, 0.05) is 11.6 Å². The van der Waals surface area contributed by atoms with E-state index in [4.69, 9.17) is 10.5 Å². The Labute approximate surface area is 82.3 Å². The number of aliphatic hydroxyl groups is 1. The highest BCUT2D eigenvalue weighted by Gasteiger charge is 2.19. The minimum absolute atomic E-state index is 0.0531. The molecule has 0 saturated carbocycles. The molecule has 0 spiro atoms. The second-order valence-corrected chi connectivity index (χ2v) is 3.17. The average molecular weight is 199 g/mol. The summed E-state index contributed by atoms with van der Waals surface area (Å²) >= 11 is 0. The molecule has 1 aromatic rings. The summed E-state index contributed by atoms with van der Waals surface area (Å²) in [5, 5.41) is 9.66. The van der Waals surface area contributed by atoms with Gasteiger partial charge in [0.1, 0.15) is 0 Å². The van der Waals surface area contributed by atoms with E-state index in [1.165, 1.54) is 19.2 Å². The fraction of sp³-hybridized carbons (Fsp3) is 0.400. The molecule has 3 nitrogen and oxygen atoms in total. The van der Waals surface area contributed by atoms with Crippen molar-refractivity contribution in [1.82, 2.24) is 0 Å². The summed E-state index contributed by atoms with van der Waals surface area (Å²) in [5.41, 5.74) is 5.89. The molecular formula is C10H14FNO2. The number of para-hydroxylation sites is 1. The third-order valence-corrected chi connectivity index (χ3v) is 2.02. The maximum atomic E-state index is 13.2. The van der Waals surface area contributed by atoms with Crippen LogP contribution < -0.4 is 10.5 Å². The van der Waals surface area contributed by atoms with Crippen LogP contribution in [0.3, 0.4) is 0 Å². The first kappa shape index (κ1) is 10.9. The topological polar surface area (TPSA) is 55.5 Å². The van der Waals surface area contributed by atoms with Crippen LogP contribution in [-0.2, 0) is 0 Å². The molecule has 0 heterocycles. The lowest BCUT2D eigenvalue weighted by Crippen LogP contribution is -2.24. The van der Waals surface area contributed by atoms with Gasteiger partial charge >= 0.3 is 0 Å². The van der Waals surface area contributed by atoms with E-state index in [0.717, 1.165) is 0 Å². The number of halogens is 1. The van der Waals surface area contributed by atoms with Crippen molar-refractivity contribution in [3.05, 3.63) is 29.6 Å². The van der Waals surface area contributed by atoms with E-state index in [9.17, 15) is 9.50 Å². The Balaban J connectivity index is 3.13. The quantitative estimate of drug-likeness (QED) is 0.769. The van der Waals surface area contributed by atoms with Crippen molar-refractivity contribution in [1.29, 1.82) is 0 Å². The Hall–Kier alpha value is -1.13. The number of benzene rings is 1. The van der Waals surface area contributed by atoms with Crippen LogP contribution in [0.5, 0.6) is 5.75 Å². The number of nitrogens with two attached hydrogens (primary N) is 1. The lowest BCUT2D eigenvalue weighted by Gasteiger charge is -2.17. The van der Waals surface area contributed by atoms with Gasteiger partial charge < -0.3 is 15.6 Å². The Bertz CT molecular complexity index is 315. The molecule has 4 heteroatoms. The highest BCUT2D eigenvalue weighted by Crippen LogP contribution is 2.28. The van der Waals surface area contributed by atoms with Crippen LogP contribution in [0.15, 0.2) is 18.2 Å². The maximum Gasteiger partial charge on any atom is 0.165 e. The van der Waals surface area contributed by atoms with Gasteiger partial charge in [0.15, 0.2) is 11.6 Å². The summed E-state index contributed by atoms with van der Waals surface area (Å²) in [6.07, 6.45) is -0.916. The van der Waals surface area contributed by atoms with E-state index >= 15 is 0 Å². The minimum atomic E-state index is -0.916. The number of rotatable bonds is 3. The van der Waals surface area contributed by atoms with Gasteiger partial charge in [-0.2, -0.15) is 0 Å². The van der Waals surface area contributed by atoms with Gasteiger partial charge in [0.2, 0.25) is 0 Å². The van der Waals surface area contributed by atoms with Crippen molar-refractivity contribution >= 4 is 0 Å². The van der Waals surface area contributed by atoms with Gasteiger partial charge in [-0.1, -0.05) is 12.1 Å². The standard InChI is InChI=1S/C10H14FNO2/c1-6(12)9(13)7-4-3-5-8(11)10(7)14-2/h3-6,9,13H,12H2,1-2H3/t6-,9-/m1/s1. The highest BCUT2D eigenvalue weighted by atomic mass is 19.1. The smallest absolute Gasteiger partial charge is 0.165 e. The lowest BCUT2D eigenvalue weighted by molar-refractivity contribution is 0.148. The summed E-state index contributed by atoms with van der Waals surface area (Å²) in [5.74, 6) is -0.443. The van der Waals surface area contributed by atoms with Gasteiger partial charge in [-0.05, 0) is 13.0 Å². The molecule has 0 aliphatic heterocycles. The van der Waals surface area contributed by atoms with E-state index in [2.05, 4.69) is 0 Å². The van der Waals surface area contributed by atoms with E-state index < -0.39 is 18.0 Å². The van der Waals surface area contributed by atoms with Crippen molar-refractivity contribution in [2.75, 3.05) is 7.11 Å². The second kappa shape index (κ2) is 4.39. The second-order valence-electron chi connectivity index (χ2n) is 3.17. The molecule has 2 atom stereocenters. The van der Waals surface area contributed by atoms with Crippen LogP contribution in [0.25, 0.3) is 0 Å². The largest absolute Gasteiger partial charge is 0.493 e.